The quantitative estimate of drug-likeness (QED) is 0.156. The Morgan fingerprint density at radius 2 is 0.900 bits per heavy atom. The first-order chi connectivity index (χ1) is 28.7. The zero-order valence-corrected chi connectivity index (χ0v) is 37.8. The van der Waals surface area contributed by atoms with E-state index in [0.717, 1.165) is 0 Å². The molecule has 2 fully saturated rings. The molecule has 6 aromatic carbocycles. The van der Waals surface area contributed by atoms with E-state index in [-0.39, 0.29) is 16.2 Å². The van der Waals surface area contributed by atoms with Crippen LogP contribution in [-0.4, -0.2) is 0 Å². The average Bonchev–Trinajstić information content (AvgIpc) is 3.49. The minimum atomic E-state index is -0.0950. The van der Waals surface area contributed by atoms with Gasteiger partial charge in [-0.15, -0.1) is 0 Å². The third-order valence-corrected chi connectivity index (χ3v) is 14.5. The first-order valence-electron chi connectivity index (χ1n) is 23.3. The van der Waals surface area contributed by atoms with Gasteiger partial charge >= 0.3 is 0 Å². The van der Waals surface area contributed by atoms with Crippen LogP contribution in [0.15, 0.2) is 127 Å². The Balaban J connectivity index is 1.24. The number of anilines is 3. The van der Waals surface area contributed by atoms with Gasteiger partial charge in [0.05, 0.1) is 0 Å². The maximum Gasteiger partial charge on any atom is 0.0473 e. The van der Waals surface area contributed by atoms with Gasteiger partial charge in [0, 0.05) is 22.5 Å². The van der Waals surface area contributed by atoms with Crippen molar-refractivity contribution in [1.82, 2.24) is 0 Å². The zero-order valence-electron chi connectivity index (χ0n) is 37.8. The van der Waals surface area contributed by atoms with E-state index in [1.165, 1.54) is 148 Å². The zero-order chi connectivity index (χ0) is 41.8. The lowest BCUT2D eigenvalue weighted by Crippen LogP contribution is -2.17. The van der Waals surface area contributed by atoms with E-state index < -0.39 is 0 Å². The van der Waals surface area contributed by atoms with Crippen molar-refractivity contribution in [3.63, 3.8) is 0 Å². The largest absolute Gasteiger partial charge is 0.310 e. The summed E-state index contributed by atoms with van der Waals surface area (Å²) in [7, 11) is 0. The highest BCUT2D eigenvalue weighted by atomic mass is 15.1. The fourth-order valence-corrected chi connectivity index (χ4v) is 10.7. The molecule has 0 bridgehead atoms. The van der Waals surface area contributed by atoms with Crippen LogP contribution >= 0.6 is 0 Å². The molecule has 0 heterocycles. The summed E-state index contributed by atoms with van der Waals surface area (Å²) in [5, 5.41) is 0. The first kappa shape index (κ1) is 40.5. The van der Waals surface area contributed by atoms with Gasteiger partial charge in [-0.3, -0.25) is 0 Å². The van der Waals surface area contributed by atoms with Crippen LogP contribution in [0.4, 0.5) is 17.1 Å². The van der Waals surface area contributed by atoms with Gasteiger partial charge in [-0.05, 0) is 158 Å². The second kappa shape index (κ2) is 15.9. The number of nitrogens with zero attached hydrogens (tertiary/aromatic N) is 1. The molecule has 6 aromatic rings. The lowest BCUT2D eigenvalue weighted by molar-refractivity contribution is 0.443. The van der Waals surface area contributed by atoms with Crippen molar-refractivity contribution in [2.45, 2.75) is 148 Å². The van der Waals surface area contributed by atoms with Crippen LogP contribution in [-0.2, 0) is 16.2 Å². The molecule has 0 unspecified atom stereocenters. The van der Waals surface area contributed by atoms with E-state index in [2.05, 4.69) is 188 Å². The van der Waals surface area contributed by atoms with Crippen molar-refractivity contribution in [2.75, 3.05) is 4.90 Å². The molecular weight excluding hydrogens is 723 g/mol. The molecule has 0 amide bonds. The van der Waals surface area contributed by atoms with Gasteiger partial charge in [0.15, 0.2) is 0 Å². The highest BCUT2D eigenvalue weighted by molar-refractivity contribution is 5.88. The van der Waals surface area contributed by atoms with Gasteiger partial charge in [-0.2, -0.15) is 0 Å². The molecule has 0 radical (unpaired) electrons. The number of benzene rings is 6. The summed E-state index contributed by atoms with van der Waals surface area (Å²) in [6, 6.07) is 50.3. The van der Waals surface area contributed by atoms with E-state index in [9.17, 15) is 0 Å². The average molecular weight is 790 g/mol. The molecule has 0 aromatic heterocycles. The maximum absolute atomic E-state index is 2.55. The van der Waals surface area contributed by atoms with Gasteiger partial charge in [0.25, 0.3) is 0 Å². The normalized spacial score (nSPS) is 17.0. The van der Waals surface area contributed by atoms with Crippen LogP contribution in [0.3, 0.4) is 0 Å². The molecule has 1 heteroatoms. The van der Waals surface area contributed by atoms with E-state index >= 15 is 0 Å². The fourth-order valence-electron chi connectivity index (χ4n) is 10.7. The molecule has 2 saturated carbocycles. The predicted molar refractivity (Wildman–Crippen MR) is 259 cm³/mol. The molecular formula is C59H67N. The van der Waals surface area contributed by atoms with Gasteiger partial charge in [0.2, 0.25) is 0 Å². The minimum Gasteiger partial charge on any atom is -0.310 e. The number of hydrogen-bond donors (Lipinski definition) is 0. The number of hydrogen-bond acceptors (Lipinski definition) is 1. The lowest BCUT2D eigenvalue weighted by atomic mass is 9.78. The Morgan fingerprint density at radius 1 is 0.417 bits per heavy atom. The molecule has 3 aliphatic carbocycles. The molecule has 0 atom stereocenters. The van der Waals surface area contributed by atoms with E-state index in [4.69, 9.17) is 0 Å². The fraction of sp³-hybridized carbons (Fsp3) is 0.390. The molecule has 0 N–H and O–H groups in total. The Morgan fingerprint density at radius 3 is 1.47 bits per heavy atom. The topological polar surface area (TPSA) is 3.24 Å². The molecule has 0 spiro atoms. The molecule has 1 nitrogen and oxygen atoms in total. The standard InChI is InChI=1S/C59H67N/c1-57(2,3)48-34-47(35-49(38-48)58(4,5)6)46-33-45(44-25-23-42(24-26-44)40-17-11-9-12-18-40)36-52(37-46)60(50-29-27-43(28-30-50)41-19-13-10-14-20-41)51-31-32-54-53-21-15-16-22-55(53)59(7,8)56(54)39-51/h15-16,21-41H,9-14,17-20H2,1-8H3. The van der Waals surface area contributed by atoms with Gasteiger partial charge in [0.1, 0.15) is 0 Å². The summed E-state index contributed by atoms with van der Waals surface area (Å²) >= 11 is 0. The second-order valence-electron chi connectivity index (χ2n) is 21.2. The SMILES string of the molecule is CC(C)(C)c1cc(-c2cc(-c3ccc(C4CCCCC4)cc3)cc(N(c3ccc(C4CCCCC4)cc3)c3ccc4c(c3)C(C)(C)c3ccccc3-4)c2)cc(C(C)(C)C)c1. The number of fused-ring (bicyclic) bond motifs is 3. The van der Waals surface area contributed by atoms with Crippen LogP contribution in [0.5, 0.6) is 0 Å². The lowest BCUT2D eigenvalue weighted by Gasteiger charge is -2.30. The summed E-state index contributed by atoms with van der Waals surface area (Å²) in [5.41, 5.74) is 19.9. The van der Waals surface area contributed by atoms with E-state index in [1.54, 1.807) is 0 Å². The van der Waals surface area contributed by atoms with Gasteiger partial charge < -0.3 is 4.90 Å². The highest BCUT2D eigenvalue weighted by Gasteiger charge is 2.36. The van der Waals surface area contributed by atoms with Crippen LogP contribution in [0.1, 0.15) is 165 Å². The smallest absolute Gasteiger partial charge is 0.0473 e. The van der Waals surface area contributed by atoms with Crippen LogP contribution < -0.4 is 4.90 Å². The Hall–Kier alpha value is -4.88. The van der Waals surface area contributed by atoms with E-state index in [0.29, 0.717) is 11.8 Å². The molecule has 0 saturated heterocycles. The van der Waals surface area contributed by atoms with Crippen molar-refractivity contribution in [2.24, 2.45) is 0 Å². The maximum atomic E-state index is 2.55. The van der Waals surface area contributed by atoms with Crippen molar-refractivity contribution in [3.8, 4) is 33.4 Å². The highest BCUT2D eigenvalue weighted by Crippen LogP contribution is 2.51. The van der Waals surface area contributed by atoms with Gasteiger partial charge in [-0.25, -0.2) is 0 Å². The molecule has 3 aliphatic rings. The summed E-state index contributed by atoms with van der Waals surface area (Å²) in [6.45, 7) is 18.9. The van der Waals surface area contributed by atoms with Crippen molar-refractivity contribution < 1.29 is 0 Å². The third-order valence-electron chi connectivity index (χ3n) is 14.5. The molecule has 308 valence electrons. The molecule has 60 heavy (non-hydrogen) atoms. The Labute approximate surface area is 362 Å². The summed E-state index contributed by atoms with van der Waals surface area (Å²) < 4.78 is 0. The molecule has 9 rings (SSSR count). The minimum absolute atomic E-state index is 0.0202. The Kier molecular flexibility index (Phi) is 10.7. The first-order valence-corrected chi connectivity index (χ1v) is 23.3. The van der Waals surface area contributed by atoms with Gasteiger partial charge in [-0.1, -0.05) is 179 Å². The van der Waals surface area contributed by atoms with Crippen molar-refractivity contribution in [3.05, 3.63) is 161 Å². The van der Waals surface area contributed by atoms with Crippen LogP contribution in [0.2, 0.25) is 0 Å². The summed E-state index contributed by atoms with van der Waals surface area (Å²) in [6.07, 6.45) is 13.4. The van der Waals surface area contributed by atoms with Crippen molar-refractivity contribution in [1.29, 1.82) is 0 Å². The van der Waals surface area contributed by atoms with Crippen molar-refractivity contribution >= 4 is 17.1 Å². The summed E-state index contributed by atoms with van der Waals surface area (Å²) in [5.74, 6) is 1.35. The summed E-state index contributed by atoms with van der Waals surface area (Å²) in [4.78, 5) is 2.55. The number of rotatable bonds is 7. The monoisotopic (exact) mass is 790 g/mol. The van der Waals surface area contributed by atoms with Crippen LogP contribution in [0, 0.1) is 0 Å². The third kappa shape index (κ3) is 7.90. The Bertz CT molecular complexity index is 2440. The van der Waals surface area contributed by atoms with E-state index in [1.807, 2.05) is 0 Å². The van der Waals surface area contributed by atoms with Crippen LogP contribution in [0.25, 0.3) is 33.4 Å². The predicted octanol–water partition coefficient (Wildman–Crippen LogP) is 17.5. The second-order valence-corrected chi connectivity index (χ2v) is 21.2. The molecule has 0 aliphatic heterocycles.